The van der Waals surface area contributed by atoms with Gasteiger partial charge in [0.05, 0.1) is 5.38 Å². The minimum absolute atomic E-state index is 0.360. The van der Waals surface area contributed by atoms with Crippen molar-refractivity contribution in [3.63, 3.8) is 0 Å². The van der Waals surface area contributed by atoms with Gasteiger partial charge >= 0.3 is 5.97 Å². The number of carbonyl (C=O) groups is 1. The number of alkyl halides is 2. The monoisotopic (exact) mass is 216 g/mol. The van der Waals surface area contributed by atoms with Gasteiger partial charge in [0.15, 0.2) is 0 Å². The molecule has 0 saturated heterocycles. The first-order valence-electron chi connectivity index (χ1n) is 3.14. The van der Waals surface area contributed by atoms with Crippen LogP contribution < -0.4 is 0 Å². The van der Waals surface area contributed by atoms with Gasteiger partial charge in [0.1, 0.15) is 5.25 Å². The predicted molar refractivity (Wildman–Crippen MR) is 49.9 cm³/mol. The highest BCUT2D eigenvalue weighted by atomic mass is 35.5. The number of rotatable bonds is 5. The molecular weight excluding hydrogens is 207 g/mol. The SMILES string of the molecule is CC(Cl)C(SCCCl)C(=O)O. The summed E-state index contributed by atoms with van der Waals surface area (Å²) >= 11 is 12.3. The molecule has 0 aromatic carbocycles. The van der Waals surface area contributed by atoms with Crippen LogP contribution in [0.4, 0.5) is 0 Å². The quantitative estimate of drug-likeness (QED) is 0.716. The molecule has 0 fully saturated rings. The van der Waals surface area contributed by atoms with E-state index in [0.29, 0.717) is 11.6 Å². The molecule has 2 unspecified atom stereocenters. The summed E-state index contributed by atoms with van der Waals surface area (Å²) in [6.07, 6.45) is 0. The van der Waals surface area contributed by atoms with Gasteiger partial charge in [0.25, 0.3) is 0 Å². The Morgan fingerprint density at radius 3 is 2.55 bits per heavy atom. The van der Waals surface area contributed by atoms with Crippen molar-refractivity contribution < 1.29 is 9.90 Å². The van der Waals surface area contributed by atoms with Gasteiger partial charge in [0, 0.05) is 11.6 Å². The lowest BCUT2D eigenvalue weighted by Crippen LogP contribution is -2.25. The normalized spacial score (nSPS) is 15.9. The highest BCUT2D eigenvalue weighted by Gasteiger charge is 2.22. The van der Waals surface area contributed by atoms with Crippen molar-refractivity contribution in [3.05, 3.63) is 0 Å². The largest absolute Gasteiger partial charge is 0.480 e. The first kappa shape index (κ1) is 11.4. The predicted octanol–water partition coefficient (Wildman–Crippen LogP) is 2.04. The molecule has 0 radical (unpaired) electrons. The smallest absolute Gasteiger partial charge is 0.318 e. The van der Waals surface area contributed by atoms with E-state index in [1.807, 2.05) is 0 Å². The van der Waals surface area contributed by atoms with Crippen LogP contribution >= 0.6 is 35.0 Å². The Morgan fingerprint density at radius 2 is 2.27 bits per heavy atom. The molecule has 2 atom stereocenters. The van der Waals surface area contributed by atoms with Crippen molar-refractivity contribution in [1.82, 2.24) is 0 Å². The minimum atomic E-state index is -0.873. The van der Waals surface area contributed by atoms with Gasteiger partial charge < -0.3 is 5.11 Å². The Hall–Kier alpha value is 0.400. The molecule has 1 N–H and O–H groups in total. The van der Waals surface area contributed by atoms with Crippen molar-refractivity contribution >= 4 is 40.9 Å². The maximum Gasteiger partial charge on any atom is 0.318 e. The van der Waals surface area contributed by atoms with Crippen LogP contribution in [0.25, 0.3) is 0 Å². The Labute approximate surface area is 80.2 Å². The van der Waals surface area contributed by atoms with Crippen molar-refractivity contribution in [2.75, 3.05) is 11.6 Å². The number of carboxylic acid groups (broad SMARTS) is 1. The van der Waals surface area contributed by atoms with E-state index in [1.54, 1.807) is 6.92 Å². The Balaban J connectivity index is 3.80. The maximum atomic E-state index is 10.5. The standard InChI is InChI=1S/C6H10Cl2O2S/c1-4(8)5(6(9)10)11-3-2-7/h4-5H,2-3H2,1H3,(H,9,10). The lowest BCUT2D eigenvalue weighted by molar-refractivity contribution is -0.136. The van der Waals surface area contributed by atoms with E-state index in [9.17, 15) is 4.79 Å². The molecule has 0 aliphatic heterocycles. The summed E-state index contributed by atoms with van der Waals surface area (Å²) in [5.41, 5.74) is 0. The van der Waals surface area contributed by atoms with Gasteiger partial charge in [-0.1, -0.05) is 0 Å². The summed E-state index contributed by atoms with van der Waals surface area (Å²) in [5.74, 6) is 0.204. The molecule has 0 aromatic heterocycles. The second kappa shape index (κ2) is 5.98. The zero-order valence-corrected chi connectivity index (χ0v) is 8.42. The molecule has 0 heterocycles. The highest BCUT2D eigenvalue weighted by Crippen LogP contribution is 2.19. The van der Waals surface area contributed by atoms with Crippen LogP contribution in [-0.4, -0.2) is 33.3 Å². The fourth-order valence-electron chi connectivity index (χ4n) is 0.572. The van der Waals surface area contributed by atoms with Gasteiger partial charge in [0.2, 0.25) is 0 Å². The first-order valence-corrected chi connectivity index (χ1v) is 5.16. The second-order valence-electron chi connectivity index (χ2n) is 2.00. The van der Waals surface area contributed by atoms with E-state index < -0.39 is 11.2 Å². The number of thioether (sulfide) groups is 1. The molecule has 0 amide bonds. The fraction of sp³-hybridized carbons (Fsp3) is 0.833. The van der Waals surface area contributed by atoms with Gasteiger partial charge in [-0.15, -0.1) is 35.0 Å². The molecule has 0 saturated carbocycles. The number of carboxylic acids is 1. The van der Waals surface area contributed by atoms with Crippen LogP contribution in [0.3, 0.4) is 0 Å². The van der Waals surface area contributed by atoms with Gasteiger partial charge in [-0.2, -0.15) is 0 Å². The van der Waals surface area contributed by atoms with Crippen molar-refractivity contribution in [1.29, 1.82) is 0 Å². The van der Waals surface area contributed by atoms with Crippen LogP contribution in [0.15, 0.2) is 0 Å². The van der Waals surface area contributed by atoms with Crippen molar-refractivity contribution in [2.24, 2.45) is 0 Å². The van der Waals surface area contributed by atoms with Crippen LogP contribution in [0.1, 0.15) is 6.92 Å². The van der Waals surface area contributed by atoms with Crippen LogP contribution in [0.2, 0.25) is 0 Å². The summed E-state index contributed by atoms with van der Waals surface area (Å²) in [5, 5.41) is 7.72. The zero-order chi connectivity index (χ0) is 8.85. The number of halogens is 2. The van der Waals surface area contributed by atoms with Crippen LogP contribution in [0, 0.1) is 0 Å². The molecule has 0 aromatic rings. The molecule has 0 aliphatic rings. The van der Waals surface area contributed by atoms with Crippen LogP contribution in [0.5, 0.6) is 0 Å². The summed E-state index contributed by atoms with van der Waals surface area (Å²) in [6.45, 7) is 1.67. The third kappa shape index (κ3) is 4.77. The number of hydrogen-bond acceptors (Lipinski definition) is 2. The van der Waals surface area contributed by atoms with E-state index in [1.165, 1.54) is 11.8 Å². The molecule has 0 bridgehead atoms. The van der Waals surface area contributed by atoms with E-state index in [2.05, 4.69) is 0 Å². The van der Waals surface area contributed by atoms with Crippen LogP contribution in [-0.2, 0) is 4.79 Å². The number of aliphatic carboxylic acids is 1. The average molecular weight is 217 g/mol. The lowest BCUT2D eigenvalue weighted by atomic mass is 10.3. The van der Waals surface area contributed by atoms with Gasteiger partial charge in [-0.25, -0.2) is 0 Å². The second-order valence-corrected chi connectivity index (χ2v) is 4.31. The molecular formula is C6H10Cl2O2S. The molecule has 66 valence electrons. The third-order valence-corrected chi connectivity index (χ3v) is 3.26. The van der Waals surface area contributed by atoms with Gasteiger partial charge in [-0.05, 0) is 6.92 Å². The zero-order valence-electron chi connectivity index (χ0n) is 6.09. The van der Waals surface area contributed by atoms with Crippen molar-refractivity contribution in [3.8, 4) is 0 Å². The lowest BCUT2D eigenvalue weighted by Gasteiger charge is -2.12. The molecule has 11 heavy (non-hydrogen) atoms. The van der Waals surface area contributed by atoms with E-state index in [-0.39, 0.29) is 5.38 Å². The third-order valence-electron chi connectivity index (χ3n) is 1.04. The summed E-state index contributed by atoms with van der Waals surface area (Å²) in [7, 11) is 0. The topological polar surface area (TPSA) is 37.3 Å². The minimum Gasteiger partial charge on any atom is -0.480 e. The first-order chi connectivity index (χ1) is 5.09. The van der Waals surface area contributed by atoms with E-state index in [0.717, 1.165) is 0 Å². The Morgan fingerprint density at radius 1 is 1.73 bits per heavy atom. The Kier molecular flexibility index (Phi) is 6.19. The van der Waals surface area contributed by atoms with E-state index in [4.69, 9.17) is 28.3 Å². The molecule has 0 rings (SSSR count). The van der Waals surface area contributed by atoms with Gasteiger partial charge in [-0.3, -0.25) is 4.79 Å². The maximum absolute atomic E-state index is 10.5. The van der Waals surface area contributed by atoms with Crippen molar-refractivity contribution in [2.45, 2.75) is 17.6 Å². The summed E-state index contributed by atoms with van der Waals surface area (Å²) < 4.78 is 0. The summed E-state index contributed by atoms with van der Waals surface area (Å²) in [6, 6.07) is 0. The Bertz CT molecular complexity index is 130. The molecule has 0 aliphatic carbocycles. The molecule has 2 nitrogen and oxygen atoms in total. The molecule has 0 spiro atoms. The summed E-state index contributed by atoms with van der Waals surface area (Å²) in [4.78, 5) is 10.5. The fourth-order valence-corrected chi connectivity index (χ4v) is 1.92. The van der Waals surface area contributed by atoms with E-state index >= 15 is 0 Å². The molecule has 5 heteroatoms. The highest BCUT2D eigenvalue weighted by molar-refractivity contribution is 8.00. The number of hydrogen-bond donors (Lipinski definition) is 1. The average Bonchev–Trinajstić information content (AvgIpc) is 1.87.